The van der Waals surface area contributed by atoms with Crippen LogP contribution in [0.3, 0.4) is 0 Å². The molecule has 0 saturated heterocycles. The van der Waals surface area contributed by atoms with E-state index in [1.54, 1.807) is 24.3 Å². The number of benzene rings is 2. The fourth-order valence-electron chi connectivity index (χ4n) is 2.15. The zero-order valence-corrected chi connectivity index (χ0v) is 14.8. The molecule has 0 fully saturated rings. The summed E-state index contributed by atoms with van der Waals surface area (Å²) < 4.78 is 5.64. The van der Waals surface area contributed by atoms with Crippen LogP contribution >= 0.6 is 23.4 Å². The van der Waals surface area contributed by atoms with Crippen molar-refractivity contribution in [1.29, 1.82) is 0 Å². The first-order valence-electron chi connectivity index (χ1n) is 7.36. The van der Waals surface area contributed by atoms with Gasteiger partial charge in [-0.3, -0.25) is 4.79 Å². The molecule has 0 N–H and O–H groups in total. The molecule has 1 heterocycles. The predicted molar refractivity (Wildman–Crippen MR) is 95.7 cm³/mol. The van der Waals surface area contributed by atoms with Crippen LogP contribution in [0.4, 0.5) is 0 Å². The molecule has 24 heavy (non-hydrogen) atoms. The van der Waals surface area contributed by atoms with Gasteiger partial charge in [0.15, 0.2) is 5.78 Å². The van der Waals surface area contributed by atoms with Crippen LogP contribution in [0.1, 0.15) is 21.5 Å². The molecule has 6 heteroatoms. The molecule has 1 aromatic heterocycles. The van der Waals surface area contributed by atoms with Crippen LogP contribution in [0.15, 0.2) is 52.1 Å². The summed E-state index contributed by atoms with van der Waals surface area (Å²) in [6.45, 7) is 4.08. The largest absolute Gasteiger partial charge is 0.411 e. The summed E-state index contributed by atoms with van der Waals surface area (Å²) >= 11 is 7.24. The van der Waals surface area contributed by atoms with Gasteiger partial charge in [0.1, 0.15) is 0 Å². The van der Waals surface area contributed by atoms with Gasteiger partial charge >= 0.3 is 0 Å². The fraction of sp³-hybridized carbons (Fsp3) is 0.167. The summed E-state index contributed by atoms with van der Waals surface area (Å²) in [6, 6.07) is 13.0. The molecule has 0 atom stereocenters. The summed E-state index contributed by atoms with van der Waals surface area (Å²) in [4.78, 5) is 12.2. The average Bonchev–Trinajstić information content (AvgIpc) is 3.04. The van der Waals surface area contributed by atoms with Crippen molar-refractivity contribution in [3.8, 4) is 11.5 Å². The Morgan fingerprint density at radius 1 is 1.12 bits per heavy atom. The Morgan fingerprint density at radius 3 is 2.67 bits per heavy atom. The summed E-state index contributed by atoms with van der Waals surface area (Å²) in [5.74, 6) is 0.570. The van der Waals surface area contributed by atoms with E-state index >= 15 is 0 Å². The van der Waals surface area contributed by atoms with Gasteiger partial charge in [-0.25, -0.2) is 0 Å². The van der Waals surface area contributed by atoms with Gasteiger partial charge < -0.3 is 4.42 Å². The fourth-order valence-corrected chi connectivity index (χ4v) is 3.04. The monoisotopic (exact) mass is 358 g/mol. The number of hydrogen-bond donors (Lipinski definition) is 0. The Morgan fingerprint density at radius 2 is 1.92 bits per heavy atom. The molecule has 0 aliphatic carbocycles. The Kier molecular flexibility index (Phi) is 5.02. The number of carbonyl (C=O) groups is 1. The number of rotatable bonds is 5. The molecule has 122 valence electrons. The van der Waals surface area contributed by atoms with E-state index < -0.39 is 0 Å². The van der Waals surface area contributed by atoms with E-state index in [1.807, 2.05) is 25.1 Å². The number of carbonyl (C=O) groups excluding carboxylic acids is 1. The van der Waals surface area contributed by atoms with Crippen LogP contribution in [-0.2, 0) is 0 Å². The second kappa shape index (κ2) is 7.20. The average molecular weight is 359 g/mol. The van der Waals surface area contributed by atoms with Gasteiger partial charge in [-0.05, 0) is 49.2 Å². The number of nitrogens with zero attached hydrogens (tertiary/aromatic N) is 2. The maximum Gasteiger partial charge on any atom is 0.277 e. The second-order valence-electron chi connectivity index (χ2n) is 5.36. The zero-order valence-electron chi connectivity index (χ0n) is 13.2. The minimum atomic E-state index is -0.0727. The third-order valence-corrected chi connectivity index (χ3v) is 4.81. The van der Waals surface area contributed by atoms with Crippen molar-refractivity contribution in [3.05, 3.63) is 64.2 Å². The summed E-state index contributed by atoms with van der Waals surface area (Å²) in [5, 5.41) is 8.86. The van der Waals surface area contributed by atoms with Crippen LogP contribution in [0, 0.1) is 13.8 Å². The third kappa shape index (κ3) is 3.68. The smallest absolute Gasteiger partial charge is 0.277 e. The minimum absolute atomic E-state index is 0.0727. The molecule has 4 nitrogen and oxygen atoms in total. The molecule has 0 saturated carbocycles. The minimum Gasteiger partial charge on any atom is -0.411 e. The number of hydrogen-bond acceptors (Lipinski definition) is 5. The van der Waals surface area contributed by atoms with Gasteiger partial charge in [0.05, 0.1) is 10.8 Å². The van der Waals surface area contributed by atoms with E-state index in [0.29, 0.717) is 21.7 Å². The summed E-state index contributed by atoms with van der Waals surface area (Å²) in [5.41, 5.74) is 3.74. The van der Waals surface area contributed by atoms with E-state index in [-0.39, 0.29) is 11.5 Å². The van der Waals surface area contributed by atoms with Gasteiger partial charge in [0.25, 0.3) is 5.22 Å². The molecule has 0 bridgehead atoms. The number of halogens is 1. The quantitative estimate of drug-likeness (QED) is 0.475. The Hall–Kier alpha value is -2.11. The van der Waals surface area contributed by atoms with Crippen LogP contribution in [0.25, 0.3) is 11.5 Å². The van der Waals surface area contributed by atoms with Crippen LogP contribution < -0.4 is 0 Å². The molecular weight excluding hydrogens is 344 g/mol. The molecule has 0 amide bonds. The zero-order chi connectivity index (χ0) is 17.1. The van der Waals surface area contributed by atoms with Gasteiger partial charge in [-0.2, -0.15) is 0 Å². The van der Waals surface area contributed by atoms with Gasteiger partial charge in [-0.15, -0.1) is 10.2 Å². The molecule has 0 unspecified atom stereocenters. The maximum atomic E-state index is 12.2. The standard InChI is InChI=1S/C18H15ClN2O2S/c1-11-7-8-13(9-12(11)2)17-20-21-18(23-17)24-10-16(22)14-5-3-4-6-15(14)19/h3-9H,10H2,1-2H3. The van der Waals surface area contributed by atoms with E-state index in [2.05, 4.69) is 17.1 Å². The molecule has 3 rings (SSSR count). The first-order valence-corrected chi connectivity index (χ1v) is 8.72. The summed E-state index contributed by atoms with van der Waals surface area (Å²) in [7, 11) is 0. The highest BCUT2D eigenvalue weighted by Crippen LogP contribution is 2.26. The number of aryl methyl sites for hydroxylation is 2. The van der Waals surface area contributed by atoms with Crippen LogP contribution in [0.5, 0.6) is 0 Å². The molecule has 0 aliphatic heterocycles. The highest BCUT2D eigenvalue weighted by Gasteiger charge is 2.14. The summed E-state index contributed by atoms with van der Waals surface area (Å²) in [6.07, 6.45) is 0. The van der Waals surface area contributed by atoms with Crippen molar-refractivity contribution in [2.45, 2.75) is 19.1 Å². The van der Waals surface area contributed by atoms with Crippen molar-refractivity contribution >= 4 is 29.1 Å². The maximum absolute atomic E-state index is 12.2. The topological polar surface area (TPSA) is 56.0 Å². The van der Waals surface area contributed by atoms with Crippen LogP contribution in [0.2, 0.25) is 5.02 Å². The van der Waals surface area contributed by atoms with Crippen molar-refractivity contribution in [1.82, 2.24) is 10.2 Å². The van der Waals surface area contributed by atoms with Crippen LogP contribution in [-0.4, -0.2) is 21.7 Å². The molecule has 0 radical (unpaired) electrons. The number of aromatic nitrogens is 2. The van der Waals surface area contributed by atoms with Crippen molar-refractivity contribution in [2.24, 2.45) is 0 Å². The highest BCUT2D eigenvalue weighted by molar-refractivity contribution is 7.99. The van der Waals surface area contributed by atoms with E-state index in [9.17, 15) is 4.79 Å². The third-order valence-electron chi connectivity index (χ3n) is 3.66. The van der Waals surface area contributed by atoms with Gasteiger partial charge in [-0.1, -0.05) is 41.6 Å². The Bertz CT molecular complexity index is 892. The number of ketones is 1. The number of thioether (sulfide) groups is 1. The lowest BCUT2D eigenvalue weighted by Crippen LogP contribution is -2.02. The molecule has 0 spiro atoms. The Balaban J connectivity index is 1.69. The van der Waals surface area contributed by atoms with Gasteiger partial charge in [0.2, 0.25) is 5.89 Å². The van der Waals surface area contributed by atoms with E-state index in [1.165, 1.54) is 17.3 Å². The molecular formula is C18H15ClN2O2S. The SMILES string of the molecule is Cc1ccc(-c2nnc(SCC(=O)c3ccccc3Cl)o2)cc1C. The lowest BCUT2D eigenvalue weighted by Gasteiger charge is -2.01. The van der Waals surface area contributed by atoms with Crippen molar-refractivity contribution < 1.29 is 9.21 Å². The molecule has 0 aliphatic rings. The Labute approximate surface area is 149 Å². The normalized spacial score (nSPS) is 10.8. The van der Waals surface area contributed by atoms with E-state index in [4.69, 9.17) is 16.0 Å². The molecule has 3 aromatic rings. The van der Waals surface area contributed by atoms with Crippen molar-refractivity contribution in [2.75, 3.05) is 5.75 Å². The van der Waals surface area contributed by atoms with Crippen molar-refractivity contribution in [3.63, 3.8) is 0 Å². The lowest BCUT2D eigenvalue weighted by atomic mass is 10.1. The van der Waals surface area contributed by atoms with E-state index in [0.717, 1.165) is 11.1 Å². The first kappa shape index (κ1) is 16.7. The van der Waals surface area contributed by atoms with Gasteiger partial charge in [0, 0.05) is 11.1 Å². The first-order chi connectivity index (χ1) is 11.5. The lowest BCUT2D eigenvalue weighted by molar-refractivity contribution is 0.102. The second-order valence-corrected chi connectivity index (χ2v) is 6.70. The number of Topliss-reactive ketones (excluding diaryl/α,β-unsaturated/α-hetero) is 1. The highest BCUT2D eigenvalue weighted by atomic mass is 35.5. The molecule has 2 aromatic carbocycles. The predicted octanol–water partition coefficient (Wildman–Crippen LogP) is 4.98.